The van der Waals surface area contributed by atoms with E-state index < -0.39 is 5.24 Å². The van der Waals surface area contributed by atoms with Crippen molar-refractivity contribution in [3.63, 3.8) is 0 Å². The van der Waals surface area contributed by atoms with Crippen molar-refractivity contribution >= 4 is 17.9 Å². The van der Waals surface area contributed by atoms with E-state index in [1.54, 1.807) is 14.2 Å². The average Bonchev–Trinajstić information content (AvgIpc) is 2.28. The molecule has 0 saturated heterocycles. The molecular weight excluding hydrogens is 226 g/mol. The molecule has 0 radical (unpaired) electrons. The van der Waals surface area contributed by atoms with Gasteiger partial charge >= 0.3 is 0 Å². The number of rotatable bonds is 5. The molecule has 0 unspecified atom stereocenters. The summed E-state index contributed by atoms with van der Waals surface area (Å²) in [7, 11) is 3.18. The first-order chi connectivity index (χ1) is 7.67. The lowest BCUT2D eigenvalue weighted by Gasteiger charge is -2.11. The second-order valence-corrected chi connectivity index (χ2v) is 3.52. The first-order valence-electron chi connectivity index (χ1n) is 4.83. The Kier molecular flexibility index (Phi) is 4.85. The highest BCUT2D eigenvalue weighted by atomic mass is 32.1. The number of methoxy groups -OCH3 is 2. The Balaban J connectivity index is 2.64. The SMILES string of the molecule is COc1ccc(CCNC(=O)[S-])cc1OC. The van der Waals surface area contributed by atoms with Crippen LogP contribution in [0.15, 0.2) is 18.2 Å². The van der Waals surface area contributed by atoms with Gasteiger partial charge in [0.15, 0.2) is 11.5 Å². The molecule has 0 aliphatic rings. The molecule has 0 spiro atoms. The molecule has 0 heterocycles. The smallest absolute Gasteiger partial charge is 0.160 e. The van der Waals surface area contributed by atoms with Gasteiger partial charge in [-0.05, 0) is 24.1 Å². The van der Waals surface area contributed by atoms with Gasteiger partial charge in [-0.2, -0.15) is 0 Å². The fraction of sp³-hybridized carbons (Fsp3) is 0.364. The minimum absolute atomic E-state index is 0.430. The van der Waals surface area contributed by atoms with E-state index in [9.17, 15) is 4.79 Å². The van der Waals surface area contributed by atoms with Crippen LogP contribution in [-0.4, -0.2) is 26.0 Å². The third-order valence-electron chi connectivity index (χ3n) is 2.13. The summed E-state index contributed by atoms with van der Waals surface area (Å²) in [6.45, 7) is 0.526. The molecule has 0 bridgehead atoms. The normalized spacial score (nSPS) is 9.62. The lowest BCUT2D eigenvalue weighted by atomic mass is 10.1. The molecule has 88 valence electrons. The molecule has 1 rings (SSSR count). The van der Waals surface area contributed by atoms with Crippen molar-refractivity contribution in [1.82, 2.24) is 5.32 Å². The third kappa shape index (κ3) is 3.58. The van der Waals surface area contributed by atoms with Gasteiger partial charge in [-0.25, -0.2) is 0 Å². The summed E-state index contributed by atoms with van der Waals surface area (Å²) < 4.78 is 10.3. The maximum absolute atomic E-state index is 10.5. The third-order valence-corrected chi connectivity index (χ3v) is 2.28. The van der Waals surface area contributed by atoms with Gasteiger partial charge in [0.1, 0.15) is 0 Å². The van der Waals surface area contributed by atoms with Crippen molar-refractivity contribution in [2.45, 2.75) is 6.42 Å². The summed E-state index contributed by atoms with van der Waals surface area (Å²) in [5, 5.41) is 2.13. The summed E-state index contributed by atoms with van der Waals surface area (Å²) in [6.07, 6.45) is 0.711. The van der Waals surface area contributed by atoms with Crippen LogP contribution in [-0.2, 0) is 19.0 Å². The van der Waals surface area contributed by atoms with Crippen LogP contribution in [0.1, 0.15) is 5.56 Å². The minimum atomic E-state index is -0.430. The molecule has 0 saturated carbocycles. The number of carbonyl (C=O) groups excluding carboxylic acids is 1. The van der Waals surface area contributed by atoms with Crippen molar-refractivity contribution in [3.05, 3.63) is 23.8 Å². The number of amides is 1. The maximum Gasteiger partial charge on any atom is 0.160 e. The van der Waals surface area contributed by atoms with E-state index in [0.29, 0.717) is 24.5 Å². The van der Waals surface area contributed by atoms with Gasteiger partial charge in [0.2, 0.25) is 0 Å². The average molecular weight is 240 g/mol. The predicted molar refractivity (Wildman–Crippen MR) is 64.0 cm³/mol. The zero-order valence-electron chi connectivity index (χ0n) is 9.28. The van der Waals surface area contributed by atoms with Gasteiger partial charge in [-0.3, -0.25) is 0 Å². The number of benzene rings is 1. The van der Waals surface area contributed by atoms with Crippen molar-refractivity contribution in [3.8, 4) is 11.5 Å². The van der Waals surface area contributed by atoms with Crippen molar-refractivity contribution < 1.29 is 14.3 Å². The molecule has 0 aromatic heterocycles. The molecule has 5 heteroatoms. The van der Waals surface area contributed by atoms with Crippen LogP contribution in [0.25, 0.3) is 0 Å². The van der Waals surface area contributed by atoms with Gasteiger partial charge < -0.3 is 32.2 Å². The van der Waals surface area contributed by atoms with Crippen LogP contribution in [0, 0.1) is 0 Å². The van der Waals surface area contributed by atoms with Crippen LogP contribution >= 0.6 is 0 Å². The van der Waals surface area contributed by atoms with Crippen molar-refractivity contribution in [1.29, 1.82) is 0 Å². The minimum Gasteiger partial charge on any atom is -0.719 e. The number of nitrogens with one attached hydrogen (secondary N) is 1. The van der Waals surface area contributed by atoms with Gasteiger partial charge in [0.05, 0.1) is 19.5 Å². The predicted octanol–water partition coefficient (Wildman–Crippen LogP) is 1.50. The van der Waals surface area contributed by atoms with E-state index in [4.69, 9.17) is 9.47 Å². The Labute approximate surface area is 100 Å². The summed E-state index contributed by atoms with van der Waals surface area (Å²) in [5.74, 6) is 1.38. The number of ether oxygens (including phenoxy) is 2. The lowest BCUT2D eigenvalue weighted by molar-refractivity contribution is 0.261. The zero-order chi connectivity index (χ0) is 12.0. The molecular formula is C11H14NO3S-. The Hall–Kier alpha value is -1.49. The van der Waals surface area contributed by atoms with E-state index >= 15 is 0 Å². The largest absolute Gasteiger partial charge is 0.719 e. The summed E-state index contributed by atoms with van der Waals surface area (Å²) in [5.41, 5.74) is 1.06. The number of hydrogen-bond acceptors (Lipinski definition) is 4. The summed E-state index contributed by atoms with van der Waals surface area (Å²) in [6, 6.07) is 5.65. The highest BCUT2D eigenvalue weighted by Crippen LogP contribution is 2.27. The molecule has 4 nitrogen and oxygen atoms in total. The molecule has 1 amide bonds. The van der Waals surface area contributed by atoms with Crippen LogP contribution in [0.4, 0.5) is 4.79 Å². The zero-order valence-corrected chi connectivity index (χ0v) is 10.1. The fourth-order valence-electron chi connectivity index (χ4n) is 1.35. The van der Waals surface area contributed by atoms with Crippen LogP contribution < -0.4 is 14.8 Å². The highest BCUT2D eigenvalue weighted by molar-refractivity contribution is 7.76. The number of carbonyl (C=O) groups is 1. The molecule has 1 N–H and O–H groups in total. The summed E-state index contributed by atoms with van der Waals surface area (Å²) in [4.78, 5) is 10.5. The van der Waals surface area contributed by atoms with Gasteiger partial charge in [0.25, 0.3) is 0 Å². The van der Waals surface area contributed by atoms with Crippen molar-refractivity contribution in [2.24, 2.45) is 0 Å². The Morgan fingerprint density at radius 2 is 2.00 bits per heavy atom. The Morgan fingerprint density at radius 1 is 1.31 bits per heavy atom. The maximum atomic E-state index is 10.5. The molecule has 0 aliphatic heterocycles. The number of hydrogen-bond donors (Lipinski definition) is 1. The first-order valence-corrected chi connectivity index (χ1v) is 5.24. The van der Waals surface area contributed by atoms with E-state index in [0.717, 1.165) is 5.56 Å². The summed E-state index contributed by atoms with van der Waals surface area (Å²) >= 11 is 4.39. The Bertz CT molecular complexity index is 368. The second kappa shape index (κ2) is 6.17. The van der Waals surface area contributed by atoms with Crippen molar-refractivity contribution in [2.75, 3.05) is 20.8 Å². The quantitative estimate of drug-likeness (QED) is 0.792. The van der Waals surface area contributed by atoms with E-state index in [-0.39, 0.29) is 0 Å². The molecule has 16 heavy (non-hydrogen) atoms. The van der Waals surface area contributed by atoms with Gasteiger partial charge in [-0.15, -0.1) is 0 Å². The van der Waals surface area contributed by atoms with E-state index in [2.05, 4.69) is 17.9 Å². The second-order valence-electron chi connectivity index (χ2n) is 3.15. The fourth-order valence-corrected chi connectivity index (χ4v) is 1.45. The molecule has 0 atom stereocenters. The first kappa shape index (κ1) is 12.6. The topological polar surface area (TPSA) is 47.6 Å². The van der Waals surface area contributed by atoms with E-state index in [1.165, 1.54) is 0 Å². The van der Waals surface area contributed by atoms with Gasteiger partial charge in [0, 0.05) is 6.54 Å². The lowest BCUT2D eigenvalue weighted by Crippen LogP contribution is -2.21. The van der Waals surface area contributed by atoms with Gasteiger partial charge in [-0.1, -0.05) is 6.07 Å². The highest BCUT2D eigenvalue weighted by Gasteiger charge is 2.03. The Morgan fingerprint density at radius 3 is 2.56 bits per heavy atom. The monoisotopic (exact) mass is 240 g/mol. The van der Waals surface area contributed by atoms with Crippen LogP contribution in [0.2, 0.25) is 0 Å². The molecule has 1 aromatic carbocycles. The van der Waals surface area contributed by atoms with E-state index in [1.807, 2.05) is 18.2 Å². The molecule has 1 aromatic rings. The molecule has 0 aliphatic carbocycles. The standard InChI is InChI=1S/C11H15NO3S/c1-14-9-4-3-8(7-10(9)15-2)5-6-12-11(13)16/h3-4,7H,5-6H2,1-2H3,(H2,12,13,16)/p-1. The van der Waals surface area contributed by atoms with Crippen LogP contribution in [0.5, 0.6) is 11.5 Å². The molecule has 0 fully saturated rings. The van der Waals surface area contributed by atoms with Crippen LogP contribution in [0.3, 0.4) is 0 Å².